The van der Waals surface area contributed by atoms with E-state index in [1.165, 1.54) is 5.56 Å². The molecular weight excluding hydrogens is 209 g/mol. The Hall–Kier alpha value is 0.324. The van der Waals surface area contributed by atoms with Gasteiger partial charge in [0.25, 0.3) is 0 Å². The van der Waals surface area contributed by atoms with E-state index in [0.717, 1.165) is 12.8 Å². The Labute approximate surface area is 95.3 Å². The summed E-state index contributed by atoms with van der Waals surface area (Å²) >= 11 is 0. The third-order valence-corrected chi connectivity index (χ3v) is 1.22. The average Bonchev–Trinajstić information content (AvgIpc) is 1.91. The standard InChI is InChI=1S/C9H10.CH3.Y/c1-2-6-9-7-4-3-5-8-9;;/h3-5,7H,1-2,6H2;1H3;/q-2;-1;+3. The van der Waals surface area contributed by atoms with Crippen molar-refractivity contribution in [2.45, 2.75) is 12.8 Å². The molecule has 0 aliphatic rings. The van der Waals surface area contributed by atoms with E-state index in [9.17, 15) is 0 Å². The smallest absolute Gasteiger partial charge is 0.358 e. The first-order valence-corrected chi connectivity index (χ1v) is 3.18. The molecule has 1 heteroatoms. The third kappa shape index (κ3) is 5.58. The molecule has 0 aliphatic heterocycles. The SMILES string of the molecule is [CH2-]CCc1[c-]cccc1.[CH3-].[Y+3]. The quantitative estimate of drug-likeness (QED) is 0.675. The minimum Gasteiger partial charge on any atom is -0.358 e. The first-order valence-electron chi connectivity index (χ1n) is 3.18. The van der Waals surface area contributed by atoms with Gasteiger partial charge in [-0.05, 0) is 0 Å². The van der Waals surface area contributed by atoms with Crippen molar-refractivity contribution in [1.82, 2.24) is 0 Å². The molecule has 1 rings (SSSR count). The summed E-state index contributed by atoms with van der Waals surface area (Å²) in [5, 5.41) is 0. The maximum atomic E-state index is 3.76. The maximum Gasteiger partial charge on any atom is 3.00 e. The van der Waals surface area contributed by atoms with E-state index in [4.69, 9.17) is 0 Å². The van der Waals surface area contributed by atoms with E-state index < -0.39 is 0 Å². The normalized spacial score (nSPS) is 7.73. The minimum absolute atomic E-state index is 0. The van der Waals surface area contributed by atoms with Crippen LogP contribution in [0.25, 0.3) is 0 Å². The summed E-state index contributed by atoms with van der Waals surface area (Å²) in [6.45, 7) is 3.76. The van der Waals surface area contributed by atoms with Crippen LogP contribution in [0.4, 0.5) is 0 Å². The summed E-state index contributed by atoms with van der Waals surface area (Å²) in [5.74, 6) is 0. The van der Waals surface area contributed by atoms with Crippen LogP contribution in [-0.2, 0) is 39.1 Å². The fourth-order valence-corrected chi connectivity index (χ4v) is 0.776. The van der Waals surface area contributed by atoms with E-state index in [1.54, 1.807) is 0 Å². The summed E-state index contributed by atoms with van der Waals surface area (Å²) in [7, 11) is 0. The van der Waals surface area contributed by atoms with Crippen LogP contribution in [0.15, 0.2) is 24.3 Å². The van der Waals surface area contributed by atoms with E-state index in [0.29, 0.717) is 0 Å². The van der Waals surface area contributed by atoms with Gasteiger partial charge in [-0.25, -0.2) is 0 Å². The molecule has 0 saturated heterocycles. The van der Waals surface area contributed by atoms with Crippen LogP contribution < -0.4 is 0 Å². The second-order valence-corrected chi connectivity index (χ2v) is 1.99. The average molecular weight is 222 g/mol. The molecule has 0 atom stereocenters. The number of benzene rings is 1. The molecule has 0 aliphatic carbocycles. The molecule has 0 bridgehead atoms. The molecule has 0 fully saturated rings. The molecule has 1 aromatic carbocycles. The first-order chi connectivity index (χ1) is 4.43. The van der Waals surface area contributed by atoms with Gasteiger partial charge in [0.05, 0.1) is 0 Å². The number of rotatable bonds is 2. The molecule has 0 radical (unpaired) electrons. The molecular formula is C10H13Y. The third-order valence-electron chi connectivity index (χ3n) is 1.22. The molecule has 0 aromatic heterocycles. The molecule has 0 heterocycles. The van der Waals surface area contributed by atoms with Crippen molar-refractivity contribution < 1.29 is 32.7 Å². The van der Waals surface area contributed by atoms with Gasteiger partial charge in [-0.15, -0.1) is 0 Å². The van der Waals surface area contributed by atoms with E-state index in [2.05, 4.69) is 19.1 Å². The molecule has 0 unspecified atom stereocenters. The van der Waals surface area contributed by atoms with E-state index >= 15 is 0 Å². The van der Waals surface area contributed by atoms with Crippen LogP contribution >= 0.6 is 0 Å². The van der Waals surface area contributed by atoms with Crippen molar-refractivity contribution >= 4 is 0 Å². The fourth-order valence-electron chi connectivity index (χ4n) is 0.776. The number of aryl methyl sites for hydroxylation is 1. The monoisotopic (exact) mass is 222 g/mol. The summed E-state index contributed by atoms with van der Waals surface area (Å²) in [6.07, 6.45) is 2.00. The summed E-state index contributed by atoms with van der Waals surface area (Å²) in [5.41, 5.74) is 1.26. The Kier molecular flexibility index (Phi) is 10.6. The van der Waals surface area contributed by atoms with Gasteiger partial charge in [0.2, 0.25) is 0 Å². The van der Waals surface area contributed by atoms with Crippen LogP contribution in [0.5, 0.6) is 0 Å². The van der Waals surface area contributed by atoms with Gasteiger partial charge in [-0.1, -0.05) is 6.42 Å². The van der Waals surface area contributed by atoms with Crippen molar-refractivity contribution in [2.75, 3.05) is 0 Å². The molecule has 0 saturated carbocycles. The zero-order chi connectivity index (χ0) is 6.53. The van der Waals surface area contributed by atoms with E-state index in [-0.39, 0.29) is 40.1 Å². The van der Waals surface area contributed by atoms with Crippen LogP contribution in [0.2, 0.25) is 0 Å². The van der Waals surface area contributed by atoms with Crippen molar-refractivity contribution in [3.05, 3.63) is 50.2 Å². The Balaban J connectivity index is 0. The number of hydrogen-bond acceptors (Lipinski definition) is 0. The van der Waals surface area contributed by atoms with Gasteiger partial charge in [0.1, 0.15) is 0 Å². The number of hydrogen-bond donors (Lipinski definition) is 0. The second-order valence-electron chi connectivity index (χ2n) is 1.99. The Morgan fingerprint density at radius 2 is 2.09 bits per heavy atom. The minimum atomic E-state index is 0. The van der Waals surface area contributed by atoms with Crippen molar-refractivity contribution in [2.24, 2.45) is 0 Å². The molecule has 0 amide bonds. The fraction of sp³-hybridized carbons (Fsp3) is 0.200. The van der Waals surface area contributed by atoms with Crippen molar-refractivity contribution in [3.63, 3.8) is 0 Å². The van der Waals surface area contributed by atoms with Crippen LogP contribution in [0.1, 0.15) is 12.0 Å². The predicted octanol–water partition coefficient (Wildman–Crippen LogP) is 2.70. The van der Waals surface area contributed by atoms with Crippen molar-refractivity contribution in [1.29, 1.82) is 0 Å². The Morgan fingerprint density at radius 3 is 2.55 bits per heavy atom. The molecule has 1 aromatic rings. The van der Waals surface area contributed by atoms with Gasteiger partial charge in [-0.2, -0.15) is 42.3 Å². The van der Waals surface area contributed by atoms with Gasteiger partial charge < -0.3 is 14.4 Å². The largest absolute Gasteiger partial charge is 3.00 e. The molecule has 0 nitrogen and oxygen atoms in total. The molecule has 0 N–H and O–H groups in total. The van der Waals surface area contributed by atoms with Gasteiger partial charge >= 0.3 is 32.7 Å². The maximum absolute atomic E-state index is 3.76. The summed E-state index contributed by atoms with van der Waals surface area (Å²) in [6, 6.07) is 11.1. The van der Waals surface area contributed by atoms with E-state index in [1.807, 2.05) is 18.2 Å². The zero-order valence-electron chi connectivity index (χ0n) is 7.01. The van der Waals surface area contributed by atoms with Gasteiger partial charge in [-0.3, -0.25) is 0 Å². The van der Waals surface area contributed by atoms with Gasteiger partial charge in [0.15, 0.2) is 0 Å². The zero-order valence-corrected chi connectivity index (χ0v) is 9.85. The molecule has 56 valence electrons. The van der Waals surface area contributed by atoms with Crippen LogP contribution in [-0.4, -0.2) is 0 Å². The topological polar surface area (TPSA) is 0 Å². The predicted molar refractivity (Wildman–Crippen MR) is 45.4 cm³/mol. The van der Waals surface area contributed by atoms with Gasteiger partial charge in [0, 0.05) is 0 Å². The molecule has 11 heavy (non-hydrogen) atoms. The summed E-state index contributed by atoms with van der Waals surface area (Å²) < 4.78 is 0. The molecule has 0 spiro atoms. The van der Waals surface area contributed by atoms with Crippen LogP contribution in [0, 0.1) is 20.4 Å². The second kappa shape index (κ2) is 8.42. The Bertz CT molecular complexity index is 158. The first kappa shape index (κ1) is 13.9. The summed E-state index contributed by atoms with van der Waals surface area (Å²) in [4.78, 5) is 0. The van der Waals surface area contributed by atoms with Crippen LogP contribution in [0.3, 0.4) is 0 Å². The Morgan fingerprint density at radius 1 is 1.36 bits per heavy atom. The van der Waals surface area contributed by atoms with Crippen molar-refractivity contribution in [3.8, 4) is 0 Å².